The summed E-state index contributed by atoms with van der Waals surface area (Å²) in [6, 6.07) is 11.4. The first-order chi connectivity index (χ1) is 12.9. The standard InChI is InChI=1S/C21H23FN2O3/c1-15-11-16(2)13-19(12-15)27-14-20(25)23-7-9-24(10-8-23)21(26)17-3-5-18(22)6-4-17/h3-6,11-13H,7-10,14H2,1-2H3. The molecule has 0 spiro atoms. The number of hydrogen-bond acceptors (Lipinski definition) is 3. The van der Waals surface area contributed by atoms with Crippen LogP contribution >= 0.6 is 0 Å². The second-order valence-electron chi connectivity index (χ2n) is 6.79. The van der Waals surface area contributed by atoms with E-state index in [1.54, 1.807) is 9.80 Å². The van der Waals surface area contributed by atoms with Crippen LogP contribution < -0.4 is 4.74 Å². The van der Waals surface area contributed by atoms with Crippen molar-refractivity contribution in [3.8, 4) is 5.75 Å². The molecular weight excluding hydrogens is 347 g/mol. The van der Waals surface area contributed by atoms with Gasteiger partial charge in [-0.25, -0.2) is 4.39 Å². The van der Waals surface area contributed by atoms with Crippen molar-refractivity contribution in [1.82, 2.24) is 9.80 Å². The number of nitrogens with zero attached hydrogens (tertiary/aromatic N) is 2. The van der Waals surface area contributed by atoms with Crippen molar-refractivity contribution in [3.63, 3.8) is 0 Å². The largest absolute Gasteiger partial charge is 0.484 e. The van der Waals surface area contributed by atoms with Gasteiger partial charge in [-0.15, -0.1) is 0 Å². The van der Waals surface area contributed by atoms with Gasteiger partial charge in [-0.05, 0) is 61.4 Å². The lowest BCUT2D eigenvalue weighted by Crippen LogP contribution is -2.51. The molecule has 0 aromatic heterocycles. The Kier molecular flexibility index (Phi) is 5.74. The minimum atomic E-state index is -0.370. The van der Waals surface area contributed by atoms with Crippen LogP contribution in [0.25, 0.3) is 0 Å². The van der Waals surface area contributed by atoms with Gasteiger partial charge in [0.2, 0.25) is 0 Å². The maximum absolute atomic E-state index is 13.0. The molecule has 1 aliphatic rings. The first-order valence-electron chi connectivity index (χ1n) is 8.96. The summed E-state index contributed by atoms with van der Waals surface area (Å²) >= 11 is 0. The third kappa shape index (κ3) is 4.84. The number of carbonyl (C=O) groups excluding carboxylic acids is 2. The van der Waals surface area contributed by atoms with E-state index in [0.29, 0.717) is 37.5 Å². The second-order valence-corrected chi connectivity index (χ2v) is 6.79. The molecule has 0 saturated carbocycles. The fraction of sp³-hybridized carbons (Fsp3) is 0.333. The van der Waals surface area contributed by atoms with Crippen LogP contribution in [0.1, 0.15) is 21.5 Å². The van der Waals surface area contributed by atoms with E-state index in [0.717, 1.165) is 11.1 Å². The number of halogens is 1. The van der Waals surface area contributed by atoms with Crippen LogP contribution in [-0.2, 0) is 4.79 Å². The maximum Gasteiger partial charge on any atom is 0.260 e. The Morgan fingerprint density at radius 2 is 1.48 bits per heavy atom. The topological polar surface area (TPSA) is 49.9 Å². The van der Waals surface area contributed by atoms with Crippen molar-refractivity contribution in [2.75, 3.05) is 32.8 Å². The summed E-state index contributed by atoms with van der Waals surface area (Å²) in [6.45, 7) is 5.77. The quantitative estimate of drug-likeness (QED) is 0.832. The van der Waals surface area contributed by atoms with Gasteiger partial charge in [0.05, 0.1) is 0 Å². The molecule has 5 nitrogen and oxygen atoms in total. The van der Waals surface area contributed by atoms with Crippen LogP contribution in [0.15, 0.2) is 42.5 Å². The van der Waals surface area contributed by atoms with Gasteiger partial charge in [-0.1, -0.05) is 6.07 Å². The highest BCUT2D eigenvalue weighted by atomic mass is 19.1. The number of carbonyl (C=O) groups is 2. The van der Waals surface area contributed by atoms with E-state index in [9.17, 15) is 14.0 Å². The Balaban J connectivity index is 1.50. The zero-order chi connectivity index (χ0) is 19.4. The number of piperazine rings is 1. The summed E-state index contributed by atoms with van der Waals surface area (Å²) in [5.41, 5.74) is 2.63. The molecule has 1 heterocycles. The van der Waals surface area contributed by atoms with E-state index < -0.39 is 0 Å². The lowest BCUT2D eigenvalue weighted by molar-refractivity contribution is -0.134. The Morgan fingerprint density at radius 3 is 2.07 bits per heavy atom. The van der Waals surface area contributed by atoms with E-state index in [2.05, 4.69) is 0 Å². The summed E-state index contributed by atoms with van der Waals surface area (Å²) in [5, 5.41) is 0. The Hall–Kier alpha value is -2.89. The molecule has 1 fully saturated rings. The van der Waals surface area contributed by atoms with Crippen LogP contribution in [-0.4, -0.2) is 54.4 Å². The van der Waals surface area contributed by atoms with Crippen LogP contribution in [0, 0.1) is 19.7 Å². The molecule has 3 rings (SSSR count). The summed E-state index contributed by atoms with van der Waals surface area (Å²) in [4.78, 5) is 28.2. The fourth-order valence-corrected chi connectivity index (χ4v) is 3.19. The molecule has 0 atom stereocenters. The van der Waals surface area contributed by atoms with Gasteiger partial charge in [0.25, 0.3) is 11.8 Å². The molecule has 6 heteroatoms. The van der Waals surface area contributed by atoms with E-state index in [1.165, 1.54) is 24.3 Å². The van der Waals surface area contributed by atoms with Gasteiger partial charge in [0, 0.05) is 31.7 Å². The first-order valence-corrected chi connectivity index (χ1v) is 8.96. The van der Waals surface area contributed by atoms with Gasteiger partial charge >= 0.3 is 0 Å². The minimum Gasteiger partial charge on any atom is -0.484 e. The first kappa shape index (κ1) is 18.9. The van der Waals surface area contributed by atoms with Crippen LogP contribution in [0.3, 0.4) is 0 Å². The lowest BCUT2D eigenvalue weighted by atomic mass is 10.1. The van der Waals surface area contributed by atoms with E-state index in [1.807, 2.05) is 32.0 Å². The summed E-state index contributed by atoms with van der Waals surface area (Å²) in [6.07, 6.45) is 0. The molecule has 0 aliphatic carbocycles. The molecule has 1 aliphatic heterocycles. The molecule has 0 unspecified atom stereocenters. The predicted octanol–water partition coefficient (Wildman–Crippen LogP) is 2.81. The summed E-state index contributed by atoms with van der Waals surface area (Å²) < 4.78 is 18.6. The van der Waals surface area contributed by atoms with Crippen molar-refractivity contribution >= 4 is 11.8 Å². The highest BCUT2D eigenvalue weighted by Crippen LogP contribution is 2.16. The normalized spacial score (nSPS) is 14.2. The van der Waals surface area contributed by atoms with Crippen LogP contribution in [0.5, 0.6) is 5.75 Å². The third-order valence-electron chi connectivity index (χ3n) is 4.57. The van der Waals surface area contributed by atoms with Crippen molar-refractivity contribution in [1.29, 1.82) is 0 Å². The molecular formula is C21H23FN2O3. The van der Waals surface area contributed by atoms with Crippen molar-refractivity contribution in [3.05, 3.63) is 65.0 Å². The highest BCUT2D eigenvalue weighted by Gasteiger charge is 2.25. The van der Waals surface area contributed by atoms with E-state index in [4.69, 9.17) is 4.74 Å². The van der Waals surface area contributed by atoms with E-state index >= 15 is 0 Å². The Labute approximate surface area is 158 Å². The number of ether oxygens (including phenoxy) is 1. The molecule has 0 bridgehead atoms. The highest BCUT2D eigenvalue weighted by molar-refractivity contribution is 5.94. The van der Waals surface area contributed by atoms with Gasteiger partial charge < -0.3 is 14.5 Å². The number of rotatable bonds is 4. The molecule has 2 amide bonds. The monoisotopic (exact) mass is 370 g/mol. The van der Waals surface area contributed by atoms with E-state index in [-0.39, 0.29) is 24.2 Å². The molecule has 27 heavy (non-hydrogen) atoms. The average Bonchev–Trinajstić information content (AvgIpc) is 2.65. The van der Waals surface area contributed by atoms with Crippen LogP contribution in [0.4, 0.5) is 4.39 Å². The number of amides is 2. The van der Waals surface area contributed by atoms with Gasteiger partial charge in [0.15, 0.2) is 6.61 Å². The Bertz CT molecular complexity index is 808. The zero-order valence-electron chi connectivity index (χ0n) is 15.6. The average molecular weight is 370 g/mol. The maximum atomic E-state index is 13.0. The van der Waals surface area contributed by atoms with Crippen LogP contribution in [0.2, 0.25) is 0 Å². The molecule has 142 valence electrons. The Morgan fingerprint density at radius 1 is 0.926 bits per heavy atom. The predicted molar refractivity (Wildman–Crippen MR) is 100 cm³/mol. The van der Waals surface area contributed by atoms with Gasteiger partial charge in [0.1, 0.15) is 11.6 Å². The number of hydrogen-bond donors (Lipinski definition) is 0. The zero-order valence-corrected chi connectivity index (χ0v) is 15.6. The molecule has 2 aromatic carbocycles. The molecule has 1 saturated heterocycles. The second kappa shape index (κ2) is 8.20. The lowest BCUT2D eigenvalue weighted by Gasteiger charge is -2.34. The molecule has 0 N–H and O–H groups in total. The van der Waals surface area contributed by atoms with Crippen molar-refractivity contribution in [2.24, 2.45) is 0 Å². The summed E-state index contributed by atoms with van der Waals surface area (Å²) in [7, 11) is 0. The SMILES string of the molecule is Cc1cc(C)cc(OCC(=O)N2CCN(C(=O)c3ccc(F)cc3)CC2)c1. The van der Waals surface area contributed by atoms with Crippen molar-refractivity contribution < 1.29 is 18.7 Å². The summed E-state index contributed by atoms with van der Waals surface area (Å²) in [5.74, 6) is 0.0772. The fourth-order valence-electron chi connectivity index (χ4n) is 3.19. The number of aryl methyl sites for hydroxylation is 2. The number of benzene rings is 2. The van der Waals surface area contributed by atoms with Gasteiger partial charge in [-0.3, -0.25) is 9.59 Å². The smallest absolute Gasteiger partial charge is 0.260 e. The molecule has 0 radical (unpaired) electrons. The third-order valence-corrected chi connectivity index (χ3v) is 4.57. The van der Waals surface area contributed by atoms with Gasteiger partial charge in [-0.2, -0.15) is 0 Å². The van der Waals surface area contributed by atoms with Crippen molar-refractivity contribution in [2.45, 2.75) is 13.8 Å². The molecule has 2 aromatic rings. The minimum absolute atomic E-state index is 0.0190.